The van der Waals surface area contributed by atoms with Crippen LogP contribution in [-0.2, 0) is 6.54 Å². The Morgan fingerprint density at radius 1 is 1.53 bits per heavy atom. The summed E-state index contributed by atoms with van der Waals surface area (Å²) in [5, 5.41) is 12.5. The zero-order chi connectivity index (χ0) is 13.8. The second-order valence-electron chi connectivity index (χ2n) is 5.44. The molecule has 4 heteroatoms. The molecule has 1 aliphatic rings. The second-order valence-corrected chi connectivity index (χ2v) is 5.44. The third-order valence-electron chi connectivity index (χ3n) is 3.98. The van der Waals surface area contributed by atoms with Gasteiger partial charge in [-0.15, -0.1) is 0 Å². The summed E-state index contributed by atoms with van der Waals surface area (Å²) in [5.41, 5.74) is 1.39. The van der Waals surface area contributed by atoms with Gasteiger partial charge in [0.2, 0.25) is 0 Å². The van der Waals surface area contributed by atoms with E-state index < -0.39 is 5.97 Å². The molecule has 0 bridgehead atoms. The molecule has 0 aromatic heterocycles. The molecule has 0 amide bonds. The van der Waals surface area contributed by atoms with Crippen LogP contribution in [0.4, 0.5) is 0 Å². The molecule has 0 spiro atoms. The van der Waals surface area contributed by atoms with Crippen molar-refractivity contribution in [3.8, 4) is 0 Å². The van der Waals surface area contributed by atoms with Gasteiger partial charge in [-0.3, -0.25) is 0 Å². The Hall–Kier alpha value is -1.39. The Morgan fingerprint density at radius 2 is 2.32 bits per heavy atom. The number of piperidine rings is 1. The number of rotatable bonds is 4. The second kappa shape index (κ2) is 6.17. The van der Waals surface area contributed by atoms with E-state index in [4.69, 9.17) is 5.11 Å². The maximum absolute atomic E-state index is 10.9. The van der Waals surface area contributed by atoms with E-state index in [1.54, 1.807) is 18.2 Å². The van der Waals surface area contributed by atoms with E-state index in [0.29, 0.717) is 17.6 Å². The first-order chi connectivity index (χ1) is 9.06. The average molecular weight is 262 g/mol. The molecule has 1 aromatic rings. The summed E-state index contributed by atoms with van der Waals surface area (Å²) in [6.07, 6.45) is 2.30. The highest BCUT2D eigenvalue weighted by Crippen LogP contribution is 2.16. The van der Waals surface area contributed by atoms with Crippen LogP contribution >= 0.6 is 0 Å². The summed E-state index contributed by atoms with van der Waals surface area (Å²) in [5.74, 6) is -0.866. The Labute approximate surface area is 114 Å². The molecule has 2 atom stereocenters. The van der Waals surface area contributed by atoms with Crippen LogP contribution in [0.1, 0.15) is 35.7 Å². The smallest absolute Gasteiger partial charge is 0.335 e. The Balaban J connectivity index is 1.88. The molecular weight excluding hydrogens is 240 g/mol. The van der Waals surface area contributed by atoms with E-state index in [2.05, 4.69) is 24.2 Å². The van der Waals surface area contributed by atoms with Crippen molar-refractivity contribution in [2.75, 3.05) is 13.6 Å². The summed E-state index contributed by atoms with van der Waals surface area (Å²) in [4.78, 5) is 13.3. The quantitative estimate of drug-likeness (QED) is 0.871. The molecule has 0 radical (unpaired) electrons. The lowest BCUT2D eigenvalue weighted by Crippen LogP contribution is -2.45. The lowest BCUT2D eigenvalue weighted by atomic mass is 9.98. The summed E-state index contributed by atoms with van der Waals surface area (Å²) in [6, 6.07) is 8.28. The van der Waals surface area contributed by atoms with Crippen molar-refractivity contribution in [1.82, 2.24) is 10.2 Å². The van der Waals surface area contributed by atoms with E-state index in [1.165, 1.54) is 0 Å². The number of hydrogen-bond donors (Lipinski definition) is 2. The summed E-state index contributed by atoms with van der Waals surface area (Å²) in [7, 11) is 2.16. The Kier molecular flexibility index (Phi) is 4.56. The van der Waals surface area contributed by atoms with Crippen LogP contribution in [0.25, 0.3) is 0 Å². The first-order valence-corrected chi connectivity index (χ1v) is 6.82. The van der Waals surface area contributed by atoms with Crippen LogP contribution in [0.15, 0.2) is 24.3 Å². The number of benzene rings is 1. The van der Waals surface area contributed by atoms with E-state index >= 15 is 0 Å². The first-order valence-electron chi connectivity index (χ1n) is 6.82. The van der Waals surface area contributed by atoms with Gasteiger partial charge < -0.3 is 15.3 Å². The molecule has 1 heterocycles. The van der Waals surface area contributed by atoms with Gasteiger partial charge in [-0.1, -0.05) is 12.1 Å². The molecule has 4 nitrogen and oxygen atoms in total. The minimum atomic E-state index is -0.866. The maximum atomic E-state index is 10.9. The molecular formula is C15H22N2O2. The number of hydrogen-bond acceptors (Lipinski definition) is 3. The van der Waals surface area contributed by atoms with Crippen LogP contribution in [0.5, 0.6) is 0 Å². The van der Waals surface area contributed by atoms with E-state index in [-0.39, 0.29) is 0 Å². The Bertz CT molecular complexity index is 448. The fraction of sp³-hybridized carbons (Fsp3) is 0.533. The van der Waals surface area contributed by atoms with Gasteiger partial charge in [0.25, 0.3) is 0 Å². The van der Waals surface area contributed by atoms with Crippen LogP contribution in [0, 0.1) is 0 Å². The fourth-order valence-corrected chi connectivity index (χ4v) is 2.55. The lowest BCUT2D eigenvalue weighted by Gasteiger charge is -2.35. The molecule has 0 saturated carbocycles. The van der Waals surface area contributed by atoms with E-state index in [0.717, 1.165) is 31.5 Å². The monoisotopic (exact) mass is 262 g/mol. The molecule has 104 valence electrons. The number of carboxylic acid groups (broad SMARTS) is 1. The predicted octanol–water partition coefficient (Wildman–Crippen LogP) is 1.96. The number of aromatic carboxylic acids is 1. The van der Waals surface area contributed by atoms with Crippen molar-refractivity contribution in [3.63, 3.8) is 0 Å². The summed E-state index contributed by atoms with van der Waals surface area (Å²) >= 11 is 0. The number of nitrogens with one attached hydrogen (secondary N) is 1. The van der Waals surface area contributed by atoms with Gasteiger partial charge in [-0.25, -0.2) is 4.79 Å². The highest BCUT2D eigenvalue weighted by molar-refractivity contribution is 5.87. The Morgan fingerprint density at radius 3 is 3.00 bits per heavy atom. The highest BCUT2D eigenvalue weighted by Gasteiger charge is 2.22. The van der Waals surface area contributed by atoms with Gasteiger partial charge in [0.1, 0.15) is 0 Å². The number of carbonyl (C=O) groups is 1. The molecule has 1 fully saturated rings. The van der Waals surface area contributed by atoms with Gasteiger partial charge in [-0.05, 0) is 51.1 Å². The number of carboxylic acids is 1. The van der Waals surface area contributed by atoms with Gasteiger partial charge in [-0.2, -0.15) is 0 Å². The minimum absolute atomic E-state index is 0.357. The average Bonchev–Trinajstić information content (AvgIpc) is 2.40. The number of likely N-dealkylation sites (tertiary alicyclic amines) is 1. The van der Waals surface area contributed by atoms with Crippen molar-refractivity contribution >= 4 is 5.97 Å². The van der Waals surface area contributed by atoms with Crippen LogP contribution in [0.3, 0.4) is 0 Å². The third-order valence-corrected chi connectivity index (χ3v) is 3.98. The van der Waals surface area contributed by atoms with Crippen molar-refractivity contribution in [3.05, 3.63) is 35.4 Å². The minimum Gasteiger partial charge on any atom is -0.478 e. The molecule has 1 aliphatic heterocycles. The topological polar surface area (TPSA) is 52.6 Å². The third kappa shape index (κ3) is 3.78. The van der Waals surface area contributed by atoms with Crippen LogP contribution < -0.4 is 5.32 Å². The van der Waals surface area contributed by atoms with Gasteiger partial charge in [0, 0.05) is 18.6 Å². The zero-order valence-corrected chi connectivity index (χ0v) is 11.6. The van der Waals surface area contributed by atoms with Crippen LogP contribution in [0.2, 0.25) is 0 Å². The largest absolute Gasteiger partial charge is 0.478 e. The predicted molar refractivity (Wildman–Crippen MR) is 75.4 cm³/mol. The number of nitrogens with zero attached hydrogens (tertiary/aromatic N) is 1. The van der Waals surface area contributed by atoms with Gasteiger partial charge in [0.05, 0.1) is 5.56 Å². The van der Waals surface area contributed by atoms with Crippen LogP contribution in [-0.4, -0.2) is 41.7 Å². The highest BCUT2D eigenvalue weighted by atomic mass is 16.4. The molecule has 1 saturated heterocycles. The van der Waals surface area contributed by atoms with Crippen molar-refractivity contribution < 1.29 is 9.90 Å². The molecule has 19 heavy (non-hydrogen) atoms. The van der Waals surface area contributed by atoms with E-state index in [9.17, 15) is 4.79 Å². The lowest BCUT2D eigenvalue weighted by molar-refractivity contribution is 0.0696. The summed E-state index contributed by atoms with van der Waals surface area (Å²) < 4.78 is 0. The molecule has 2 N–H and O–H groups in total. The molecule has 2 unspecified atom stereocenters. The van der Waals surface area contributed by atoms with Gasteiger partial charge in [0.15, 0.2) is 0 Å². The van der Waals surface area contributed by atoms with Gasteiger partial charge >= 0.3 is 5.97 Å². The van der Waals surface area contributed by atoms with Crippen molar-refractivity contribution in [2.24, 2.45) is 0 Å². The molecule has 2 rings (SSSR count). The standard InChI is InChI=1S/C15H22N2O2/c1-11-8-14(6-7-17(11)2)16-10-12-4-3-5-13(9-12)15(18)19/h3-5,9,11,14,16H,6-8,10H2,1-2H3,(H,18,19). The van der Waals surface area contributed by atoms with Crippen molar-refractivity contribution in [2.45, 2.75) is 38.4 Å². The van der Waals surface area contributed by atoms with Crippen molar-refractivity contribution in [1.29, 1.82) is 0 Å². The first kappa shape index (κ1) is 14.0. The SMILES string of the molecule is CC1CC(NCc2cccc(C(=O)O)c2)CCN1C. The fourth-order valence-electron chi connectivity index (χ4n) is 2.55. The van der Waals surface area contributed by atoms with E-state index in [1.807, 2.05) is 6.07 Å². The molecule has 0 aliphatic carbocycles. The maximum Gasteiger partial charge on any atom is 0.335 e. The normalized spacial score (nSPS) is 24.3. The molecule has 1 aromatic carbocycles. The zero-order valence-electron chi connectivity index (χ0n) is 11.6. The summed E-state index contributed by atoms with van der Waals surface area (Å²) in [6.45, 7) is 4.11.